The summed E-state index contributed by atoms with van der Waals surface area (Å²) in [5, 5.41) is 4.74. The summed E-state index contributed by atoms with van der Waals surface area (Å²) in [6, 6.07) is 6.04. The van der Waals surface area contributed by atoms with E-state index in [0.717, 1.165) is 19.0 Å². The van der Waals surface area contributed by atoms with Crippen molar-refractivity contribution >= 4 is 35.6 Å². The molecule has 1 aromatic carbocycles. The van der Waals surface area contributed by atoms with Crippen LogP contribution in [0.25, 0.3) is 0 Å². The number of benzene rings is 1. The highest BCUT2D eigenvalue weighted by Gasteiger charge is 2.57. The van der Waals surface area contributed by atoms with E-state index >= 15 is 0 Å². The smallest absolute Gasteiger partial charge is 0.0595 e. The molecule has 0 amide bonds. The molecular formula is C11H12Cl3N. The van der Waals surface area contributed by atoms with Crippen molar-refractivity contribution in [3.63, 3.8) is 0 Å². The molecule has 1 aromatic rings. The Morgan fingerprint density at radius 2 is 2.07 bits per heavy atom. The summed E-state index contributed by atoms with van der Waals surface area (Å²) in [6.45, 7) is 2.25. The zero-order chi connectivity index (χ0) is 9.76. The fourth-order valence-corrected chi connectivity index (χ4v) is 2.89. The number of fused-ring (bicyclic) bond motifs is 1. The number of hydrogen-bond donors (Lipinski definition) is 1. The van der Waals surface area contributed by atoms with Gasteiger partial charge in [-0.25, -0.2) is 0 Å². The van der Waals surface area contributed by atoms with Crippen LogP contribution in [-0.4, -0.2) is 13.1 Å². The first kappa shape index (κ1) is 11.5. The maximum atomic E-state index is 6.02. The quantitative estimate of drug-likeness (QED) is 0.821. The first-order chi connectivity index (χ1) is 6.72. The predicted octanol–water partition coefficient (Wildman–Crippen LogP) is 3.28. The highest BCUT2D eigenvalue weighted by Crippen LogP contribution is 2.56. The van der Waals surface area contributed by atoms with E-state index < -0.39 is 0 Å². The molecule has 2 fully saturated rings. The van der Waals surface area contributed by atoms with Gasteiger partial charge in [0, 0.05) is 12.0 Å². The summed E-state index contributed by atoms with van der Waals surface area (Å²) in [6.07, 6.45) is 1.30. The first-order valence-electron chi connectivity index (χ1n) is 4.89. The monoisotopic (exact) mass is 263 g/mol. The normalized spacial score (nSPS) is 32.0. The molecule has 0 spiro atoms. The highest BCUT2D eigenvalue weighted by molar-refractivity contribution is 6.42. The van der Waals surface area contributed by atoms with E-state index in [0.29, 0.717) is 15.5 Å². The van der Waals surface area contributed by atoms with E-state index in [-0.39, 0.29) is 12.4 Å². The Morgan fingerprint density at radius 1 is 1.27 bits per heavy atom. The molecule has 1 saturated carbocycles. The lowest BCUT2D eigenvalue weighted by atomic mass is 9.95. The van der Waals surface area contributed by atoms with Gasteiger partial charge in [-0.15, -0.1) is 12.4 Å². The van der Waals surface area contributed by atoms with Crippen LogP contribution in [0.15, 0.2) is 18.2 Å². The minimum absolute atomic E-state index is 0. The Morgan fingerprint density at radius 3 is 2.60 bits per heavy atom. The fourth-order valence-electron chi connectivity index (χ4n) is 2.60. The summed E-state index contributed by atoms with van der Waals surface area (Å²) in [5.74, 6) is 0.819. The van der Waals surface area contributed by atoms with Gasteiger partial charge in [-0.05, 0) is 36.6 Å². The third-order valence-electron chi connectivity index (χ3n) is 3.56. The highest BCUT2D eigenvalue weighted by atomic mass is 35.5. The summed E-state index contributed by atoms with van der Waals surface area (Å²) < 4.78 is 0. The van der Waals surface area contributed by atoms with Crippen molar-refractivity contribution < 1.29 is 0 Å². The largest absolute Gasteiger partial charge is 0.316 e. The van der Waals surface area contributed by atoms with Crippen LogP contribution in [0.3, 0.4) is 0 Å². The molecular weight excluding hydrogens is 252 g/mol. The van der Waals surface area contributed by atoms with Gasteiger partial charge in [-0.2, -0.15) is 0 Å². The van der Waals surface area contributed by atoms with Crippen LogP contribution in [0, 0.1) is 5.92 Å². The SMILES string of the molecule is Cl.Clc1ccc([C@]23CNC[C@H]2C3)cc1Cl. The maximum Gasteiger partial charge on any atom is 0.0595 e. The summed E-state index contributed by atoms with van der Waals surface area (Å²) >= 11 is 11.9. The van der Waals surface area contributed by atoms with E-state index in [4.69, 9.17) is 23.2 Å². The molecule has 1 aliphatic carbocycles. The van der Waals surface area contributed by atoms with E-state index in [1.807, 2.05) is 12.1 Å². The molecule has 2 aliphatic rings. The molecule has 1 N–H and O–H groups in total. The van der Waals surface area contributed by atoms with Crippen LogP contribution in [0.4, 0.5) is 0 Å². The second kappa shape index (κ2) is 3.81. The van der Waals surface area contributed by atoms with Crippen molar-refractivity contribution in [2.75, 3.05) is 13.1 Å². The van der Waals surface area contributed by atoms with Gasteiger partial charge in [-0.1, -0.05) is 29.3 Å². The standard InChI is InChI=1S/C11H11Cl2N.ClH/c12-9-2-1-7(3-10(9)13)11-4-8(11)5-14-6-11;/h1-3,8,14H,4-6H2;1H/t8-,11+;/m1./s1. The Hall–Kier alpha value is 0.0500. The predicted molar refractivity (Wildman–Crippen MR) is 66.4 cm³/mol. The van der Waals surface area contributed by atoms with Gasteiger partial charge in [0.15, 0.2) is 0 Å². The third-order valence-corrected chi connectivity index (χ3v) is 4.30. The Balaban J connectivity index is 0.000000853. The van der Waals surface area contributed by atoms with Crippen LogP contribution in [0.5, 0.6) is 0 Å². The topological polar surface area (TPSA) is 12.0 Å². The van der Waals surface area contributed by atoms with Crippen molar-refractivity contribution in [1.29, 1.82) is 0 Å². The van der Waals surface area contributed by atoms with Gasteiger partial charge in [-0.3, -0.25) is 0 Å². The number of nitrogens with one attached hydrogen (secondary N) is 1. The zero-order valence-electron chi connectivity index (χ0n) is 8.09. The maximum absolute atomic E-state index is 6.02. The molecule has 3 rings (SSSR count). The lowest BCUT2D eigenvalue weighted by Crippen LogP contribution is -2.19. The average molecular weight is 265 g/mol. The van der Waals surface area contributed by atoms with Crippen molar-refractivity contribution in [3.05, 3.63) is 33.8 Å². The molecule has 0 unspecified atom stereocenters. The van der Waals surface area contributed by atoms with Crippen LogP contribution in [0.2, 0.25) is 10.0 Å². The lowest BCUT2D eigenvalue weighted by molar-refractivity contribution is 0.676. The minimum atomic E-state index is 0. The number of piperidine rings is 1. The van der Waals surface area contributed by atoms with Gasteiger partial charge in [0.2, 0.25) is 0 Å². The molecule has 1 saturated heterocycles. The molecule has 2 atom stereocenters. The first-order valence-corrected chi connectivity index (χ1v) is 5.64. The Kier molecular flexibility index (Phi) is 2.93. The number of halogens is 3. The second-order valence-corrected chi connectivity index (χ2v) is 5.13. The van der Waals surface area contributed by atoms with E-state index in [1.54, 1.807) is 0 Å². The summed E-state index contributed by atoms with van der Waals surface area (Å²) in [7, 11) is 0. The van der Waals surface area contributed by atoms with Crippen molar-refractivity contribution in [1.82, 2.24) is 5.32 Å². The van der Waals surface area contributed by atoms with Gasteiger partial charge in [0.1, 0.15) is 0 Å². The van der Waals surface area contributed by atoms with Crippen molar-refractivity contribution in [3.8, 4) is 0 Å². The molecule has 1 aliphatic heterocycles. The zero-order valence-corrected chi connectivity index (χ0v) is 10.4. The molecule has 0 aromatic heterocycles. The lowest BCUT2D eigenvalue weighted by Gasteiger charge is -2.12. The Labute approximate surface area is 106 Å². The van der Waals surface area contributed by atoms with Gasteiger partial charge in [0.25, 0.3) is 0 Å². The van der Waals surface area contributed by atoms with Crippen LogP contribution in [-0.2, 0) is 5.41 Å². The summed E-state index contributed by atoms with van der Waals surface area (Å²) in [4.78, 5) is 0. The van der Waals surface area contributed by atoms with Crippen LogP contribution in [0.1, 0.15) is 12.0 Å². The van der Waals surface area contributed by atoms with E-state index in [1.165, 1.54) is 12.0 Å². The summed E-state index contributed by atoms with van der Waals surface area (Å²) in [5.41, 5.74) is 1.73. The molecule has 0 bridgehead atoms. The van der Waals surface area contributed by atoms with E-state index in [2.05, 4.69) is 11.4 Å². The molecule has 82 valence electrons. The van der Waals surface area contributed by atoms with Gasteiger partial charge >= 0.3 is 0 Å². The van der Waals surface area contributed by atoms with Gasteiger partial charge < -0.3 is 5.32 Å². The molecule has 1 nitrogen and oxygen atoms in total. The minimum Gasteiger partial charge on any atom is -0.316 e. The molecule has 4 heteroatoms. The fraction of sp³-hybridized carbons (Fsp3) is 0.455. The number of rotatable bonds is 1. The Bertz CT molecular complexity index is 393. The van der Waals surface area contributed by atoms with Crippen molar-refractivity contribution in [2.45, 2.75) is 11.8 Å². The van der Waals surface area contributed by atoms with Crippen molar-refractivity contribution in [2.24, 2.45) is 5.92 Å². The average Bonchev–Trinajstić information content (AvgIpc) is 2.75. The molecule has 0 radical (unpaired) electrons. The van der Waals surface area contributed by atoms with E-state index in [9.17, 15) is 0 Å². The third kappa shape index (κ3) is 1.66. The molecule has 1 heterocycles. The van der Waals surface area contributed by atoms with Gasteiger partial charge in [0.05, 0.1) is 10.0 Å². The van der Waals surface area contributed by atoms with Crippen LogP contribution < -0.4 is 5.32 Å². The molecule has 15 heavy (non-hydrogen) atoms. The van der Waals surface area contributed by atoms with Crippen LogP contribution >= 0.6 is 35.6 Å². The number of hydrogen-bond acceptors (Lipinski definition) is 1. The second-order valence-electron chi connectivity index (χ2n) is 4.32.